The molecule has 0 saturated heterocycles. The van der Waals surface area contributed by atoms with Gasteiger partial charge in [-0.25, -0.2) is 0 Å². The van der Waals surface area contributed by atoms with Crippen molar-refractivity contribution in [2.45, 2.75) is 30.9 Å². The number of benzene rings is 2. The Hall–Kier alpha value is -2.07. The molecule has 3 rings (SSSR count). The topological polar surface area (TPSA) is 38.9 Å². The van der Waals surface area contributed by atoms with Crippen LogP contribution in [0.15, 0.2) is 57.8 Å². The second kappa shape index (κ2) is 6.36. The van der Waals surface area contributed by atoms with Crippen LogP contribution >= 0.6 is 11.8 Å². The van der Waals surface area contributed by atoms with Crippen molar-refractivity contribution in [3.8, 4) is 11.5 Å². The van der Waals surface area contributed by atoms with Crippen molar-refractivity contribution in [1.29, 1.82) is 0 Å². The summed E-state index contributed by atoms with van der Waals surface area (Å²) in [5.74, 6) is 1.23. The van der Waals surface area contributed by atoms with Crippen LogP contribution in [-0.4, -0.2) is 10.2 Å². The maximum absolute atomic E-state index is 5.84. The monoisotopic (exact) mass is 310 g/mol. The maximum atomic E-state index is 5.84. The minimum atomic E-state index is 0.118. The molecule has 3 nitrogen and oxygen atoms in total. The molecule has 4 heteroatoms. The second-order valence-corrected chi connectivity index (χ2v) is 6.72. The third-order valence-electron chi connectivity index (χ3n) is 3.48. The van der Waals surface area contributed by atoms with Crippen LogP contribution in [0.3, 0.4) is 0 Å². The van der Waals surface area contributed by atoms with Gasteiger partial charge in [0, 0.05) is 10.5 Å². The highest BCUT2D eigenvalue weighted by Crippen LogP contribution is 2.36. The van der Waals surface area contributed by atoms with Gasteiger partial charge < -0.3 is 4.42 Å². The molecule has 0 saturated carbocycles. The lowest BCUT2D eigenvalue weighted by molar-refractivity contribution is 0.509. The summed E-state index contributed by atoms with van der Waals surface area (Å²) in [6.45, 7) is 6.26. The van der Waals surface area contributed by atoms with Crippen LogP contribution in [0.5, 0.6) is 0 Å². The van der Waals surface area contributed by atoms with Crippen LogP contribution < -0.4 is 0 Å². The summed E-state index contributed by atoms with van der Waals surface area (Å²) in [7, 11) is 0. The number of nitrogens with zero attached hydrogens (tertiary/aromatic N) is 2. The Labute approximate surface area is 134 Å². The van der Waals surface area contributed by atoms with Gasteiger partial charge in [-0.15, -0.1) is 22.0 Å². The molecule has 0 bridgehead atoms. The molecule has 1 heterocycles. The summed E-state index contributed by atoms with van der Waals surface area (Å²) >= 11 is 1.74. The maximum Gasteiger partial charge on any atom is 0.247 e. The second-order valence-electron chi connectivity index (χ2n) is 5.34. The summed E-state index contributed by atoms with van der Waals surface area (Å²) < 4.78 is 5.84. The predicted molar refractivity (Wildman–Crippen MR) is 89.9 cm³/mol. The van der Waals surface area contributed by atoms with E-state index in [-0.39, 0.29) is 5.25 Å². The average molecular weight is 310 g/mol. The van der Waals surface area contributed by atoms with Crippen LogP contribution in [0.4, 0.5) is 0 Å². The Bertz CT molecular complexity index is 765. The van der Waals surface area contributed by atoms with Crippen LogP contribution in [-0.2, 0) is 0 Å². The van der Waals surface area contributed by atoms with E-state index in [1.54, 1.807) is 11.8 Å². The number of thioether (sulfide) groups is 1. The van der Waals surface area contributed by atoms with Gasteiger partial charge in [0.2, 0.25) is 11.8 Å². The minimum Gasteiger partial charge on any atom is -0.419 e. The molecular weight excluding hydrogens is 292 g/mol. The summed E-state index contributed by atoms with van der Waals surface area (Å²) in [6, 6.07) is 16.4. The highest BCUT2D eigenvalue weighted by molar-refractivity contribution is 7.99. The molecule has 112 valence electrons. The first-order chi connectivity index (χ1) is 10.6. The van der Waals surface area contributed by atoms with Crippen LogP contribution in [0.2, 0.25) is 0 Å². The number of aromatic nitrogens is 2. The van der Waals surface area contributed by atoms with Crippen molar-refractivity contribution >= 4 is 11.8 Å². The SMILES string of the molecule is Cc1ccc(-c2nnc(C(C)Sc3ccccc3C)o2)cc1. The third-order valence-corrected chi connectivity index (χ3v) is 4.75. The lowest BCUT2D eigenvalue weighted by Crippen LogP contribution is -1.89. The fourth-order valence-electron chi connectivity index (χ4n) is 2.14. The largest absolute Gasteiger partial charge is 0.419 e. The van der Waals surface area contributed by atoms with Gasteiger partial charge in [0.15, 0.2) is 0 Å². The normalized spacial score (nSPS) is 12.3. The van der Waals surface area contributed by atoms with Crippen molar-refractivity contribution in [3.63, 3.8) is 0 Å². The van der Waals surface area contributed by atoms with Crippen molar-refractivity contribution in [2.24, 2.45) is 0 Å². The number of rotatable bonds is 4. The zero-order valence-electron chi connectivity index (χ0n) is 12.9. The number of aryl methyl sites for hydroxylation is 2. The van der Waals surface area contributed by atoms with E-state index in [0.29, 0.717) is 11.8 Å². The van der Waals surface area contributed by atoms with Crippen molar-refractivity contribution in [1.82, 2.24) is 10.2 Å². The molecular formula is C18H18N2OS. The molecule has 1 unspecified atom stereocenters. The van der Waals surface area contributed by atoms with E-state index in [0.717, 1.165) is 5.56 Å². The molecule has 0 radical (unpaired) electrons. The first kappa shape index (κ1) is 14.9. The molecule has 22 heavy (non-hydrogen) atoms. The third kappa shape index (κ3) is 3.22. The first-order valence-corrected chi connectivity index (χ1v) is 8.14. The summed E-state index contributed by atoms with van der Waals surface area (Å²) in [5.41, 5.74) is 3.43. The van der Waals surface area contributed by atoms with Crippen molar-refractivity contribution in [3.05, 3.63) is 65.5 Å². The molecule has 0 fully saturated rings. The van der Waals surface area contributed by atoms with Gasteiger partial charge in [-0.3, -0.25) is 0 Å². The van der Waals surface area contributed by atoms with Gasteiger partial charge in [0.1, 0.15) is 0 Å². The fraction of sp³-hybridized carbons (Fsp3) is 0.222. The van der Waals surface area contributed by atoms with E-state index < -0.39 is 0 Å². The molecule has 0 spiro atoms. The highest BCUT2D eigenvalue weighted by Gasteiger charge is 2.16. The van der Waals surface area contributed by atoms with E-state index in [9.17, 15) is 0 Å². The quantitative estimate of drug-likeness (QED) is 0.620. The molecule has 0 amide bonds. The van der Waals surface area contributed by atoms with Crippen molar-refractivity contribution < 1.29 is 4.42 Å². The molecule has 0 aliphatic carbocycles. The van der Waals surface area contributed by atoms with E-state index in [1.807, 2.05) is 36.4 Å². The zero-order chi connectivity index (χ0) is 15.5. The van der Waals surface area contributed by atoms with Gasteiger partial charge in [-0.2, -0.15) is 0 Å². The Morgan fingerprint density at radius 2 is 1.68 bits per heavy atom. The Morgan fingerprint density at radius 3 is 2.41 bits per heavy atom. The summed E-state index contributed by atoms with van der Waals surface area (Å²) in [5, 5.41) is 8.49. The highest BCUT2D eigenvalue weighted by atomic mass is 32.2. The van der Waals surface area contributed by atoms with E-state index in [4.69, 9.17) is 4.42 Å². The molecule has 0 aliphatic rings. The molecule has 0 N–H and O–H groups in total. The lowest BCUT2D eigenvalue weighted by Gasteiger charge is -2.08. The average Bonchev–Trinajstić information content (AvgIpc) is 3.00. The van der Waals surface area contributed by atoms with Crippen molar-refractivity contribution in [2.75, 3.05) is 0 Å². The van der Waals surface area contributed by atoms with Gasteiger partial charge in [-0.1, -0.05) is 35.9 Å². The summed E-state index contributed by atoms with van der Waals surface area (Å²) in [6.07, 6.45) is 0. The standard InChI is InChI=1S/C18H18N2OS/c1-12-8-10-15(11-9-12)18-20-19-17(21-18)14(3)22-16-7-5-4-6-13(16)2/h4-11,14H,1-3H3. The lowest BCUT2D eigenvalue weighted by atomic mass is 10.1. The molecule has 0 aliphatic heterocycles. The van der Waals surface area contributed by atoms with Gasteiger partial charge in [0.25, 0.3) is 0 Å². The van der Waals surface area contributed by atoms with Crippen LogP contribution in [0, 0.1) is 13.8 Å². The fourth-order valence-corrected chi connectivity index (χ4v) is 3.13. The van der Waals surface area contributed by atoms with E-state index in [1.165, 1.54) is 16.0 Å². The first-order valence-electron chi connectivity index (χ1n) is 7.26. The smallest absolute Gasteiger partial charge is 0.247 e. The molecule has 2 aromatic carbocycles. The number of hydrogen-bond donors (Lipinski definition) is 0. The number of hydrogen-bond acceptors (Lipinski definition) is 4. The van der Waals surface area contributed by atoms with E-state index in [2.05, 4.69) is 43.1 Å². The Morgan fingerprint density at radius 1 is 0.955 bits per heavy atom. The molecule has 1 aromatic heterocycles. The predicted octanol–water partition coefficient (Wildman–Crippen LogP) is 5.21. The zero-order valence-corrected chi connectivity index (χ0v) is 13.7. The van der Waals surface area contributed by atoms with Gasteiger partial charge >= 0.3 is 0 Å². The van der Waals surface area contributed by atoms with Gasteiger partial charge in [0.05, 0.1) is 5.25 Å². The van der Waals surface area contributed by atoms with E-state index >= 15 is 0 Å². The molecule has 1 atom stereocenters. The molecule has 3 aromatic rings. The minimum absolute atomic E-state index is 0.118. The Balaban J connectivity index is 1.78. The van der Waals surface area contributed by atoms with Gasteiger partial charge in [-0.05, 0) is 44.5 Å². The summed E-state index contributed by atoms with van der Waals surface area (Å²) in [4.78, 5) is 1.24. The van der Waals surface area contributed by atoms with Crippen LogP contribution in [0.1, 0.15) is 29.2 Å². The Kier molecular flexibility index (Phi) is 4.29. The van der Waals surface area contributed by atoms with Crippen LogP contribution in [0.25, 0.3) is 11.5 Å².